The summed E-state index contributed by atoms with van der Waals surface area (Å²) >= 11 is 0. The highest BCUT2D eigenvalue weighted by molar-refractivity contribution is 7.80. The van der Waals surface area contributed by atoms with Gasteiger partial charge in [0.25, 0.3) is 0 Å². The molecular weight excluding hydrogens is 352 g/mol. The average Bonchev–Trinajstić information content (AvgIpc) is 3.45. The molecule has 0 aromatic heterocycles. The van der Waals surface area contributed by atoms with E-state index in [-0.39, 0.29) is 6.61 Å². The van der Waals surface area contributed by atoms with Gasteiger partial charge in [-0.15, -0.1) is 0 Å². The first-order chi connectivity index (χ1) is 12.6. The van der Waals surface area contributed by atoms with Crippen LogP contribution in [-0.2, 0) is 19.3 Å². The molecule has 1 aliphatic heterocycles. The minimum absolute atomic E-state index is 0.0945. The van der Waals surface area contributed by atoms with E-state index in [0.29, 0.717) is 6.42 Å². The van der Waals surface area contributed by atoms with Crippen molar-refractivity contribution < 1.29 is 21.9 Å². The summed E-state index contributed by atoms with van der Waals surface area (Å²) in [6.07, 6.45) is 20.5. The Bertz CT molecular complexity index is 366. The van der Waals surface area contributed by atoms with Crippen LogP contribution in [0.2, 0.25) is 0 Å². The highest BCUT2D eigenvalue weighted by Crippen LogP contribution is 2.13. The maximum Gasteiger partial charge on any atom is 0.397 e. The van der Waals surface area contributed by atoms with Crippen LogP contribution in [0.5, 0.6) is 0 Å². The van der Waals surface area contributed by atoms with Crippen molar-refractivity contribution >= 4 is 10.4 Å². The number of hydrogen-bond acceptors (Lipinski definition) is 4. The lowest BCUT2D eigenvalue weighted by Crippen LogP contribution is -2.04. The summed E-state index contributed by atoms with van der Waals surface area (Å²) in [5.41, 5.74) is 0. The third-order valence-corrected chi connectivity index (χ3v) is 4.90. The van der Waals surface area contributed by atoms with E-state index in [0.717, 1.165) is 26.1 Å². The van der Waals surface area contributed by atoms with Crippen LogP contribution in [0.1, 0.15) is 110 Å². The monoisotopic (exact) mass is 394 g/mol. The maximum absolute atomic E-state index is 10.3. The highest BCUT2D eigenvalue weighted by Gasteiger charge is 2.02. The summed E-state index contributed by atoms with van der Waals surface area (Å²) in [7, 11) is -4.24. The van der Waals surface area contributed by atoms with Crippen molar-refractivity contribution in [2.45, 2.75) is 110 Å². The van der Waals surface area contributed by atoms with E-state index in [1.54, 1.807) is 0 Å². The Morgan fingerprint density at radius 1 is 0.692 bits per heavy atom. The third kappa shape index (κ3) is 28.6. The number of hydrogen-bond donors (Lipinski definition) is 1. The van der Waals surface area contributed by atoms with Crippen LogP contribution in [0.4, 0.5) is 0 Å². The van der Waals surface area contributed by atoms with Crippen LogP contribution in [0.25, 0.3) is 0 Å². The van der Waals surface area contributed by atoms with Gasteiger partial charge in [0.2, 0.25) is 0 Å². The molecule has 0 atom stereocenters. The lowest BCUT2D eigenvalue weighted by Gasteiger charge is -2.03. The zero-order chi connectivity index (χ0) is 19.3. The molecule has 0 aliphatic carbocycles. The average molecular weight is 395 g/mol. The second-order valence-electron chi connectivity index (χ2n) is 7.17. The van der Waals surface area contributed by atoms with Crippen LogP contribution in [0.15, 0.2) is 0 Å². The molecule has 1 rings (SSSR count). The second kappa shape index (κ2) is 19.6. The molecule has 0 unspecified atom stereocenters. The molecule has 0 amide bonds. The van der Waals surface area contributed by atoms with E-state index in [1.165, 1.54) is 83.5 Å². The molecule has 1 N–H and O–H groups in total. The molecule has 1 fully saturated rings. The Hall–Kier alpha value is -0.170. The molecule has 5 nitrogen and oxygen atoms in total. The summed E-state index contributed by atoms with van der Waals surface area (Å²) < 4.78 is 37.8. The summed E-state index contributed by atoms with van der Waals surface area (Å²) in [6.45, 7) is 4.36. The van der Waals surface area contributed by atoms with Gasteiger partial charge in [0.1, 0.15) is 0 Å². The fourth-order valence-electron chi connectivity index (χ4n) is 2.81. The van der Waals surface area contributed by atoms with Crippen LogP contribution in [0.3, 0.4) is 0 Å². The first kappa shape index (κ1) is 25.8. The SMILES string of the molecule is C1CO1.CCCCCCCCCCCCCCCCCCOS(=O)(=O)O. The molecule has 0 aromatic rings. The Morgan fingerprint density at radius 2 is 1.00 bits per heavy atom. The molecule has 0 aromatic carbocycles. The minimum Gasteiger partial charge on any atom is -0.377 e. The second-order valence-corrected chi connectivity index (χ2v) is 8.26. The van der Waals surface area contributed by atoms with E-state index < -0.39 is 10.4 Å². The Labute approximate surface area is 162 Å². The standard InChI is InChI=1S/C18H38O4S.C2H4O/c1-2-3-4-5-6-7-8-9-10-11-12-13-14-15-16-17-18-22-23(19,20)21;1-2-3-1/h2-18H2,1H3,(H,19,20,21);1-2H2. The molecule has 6 heteroatoms. The number of rotatable bonds is 18. The molecule has 26 heavy (non-hydrogen) atoms. The van der Waals surface area contributed by atoms with E-state index in [9.17, 15) is 8.42 Å². The predicted molar refractivity (Wildman–Crippen MR) is 108 cm³/mol. The van der Waals surface area contributed by atoms with Crippen molar-refractivity contribution in [3.05, 3.63) is 0 Å². The molecule has 0 bridgehead atoms. The van der Waals surface area contributed by atoms with Crippen molar-refractivity contribution in [2.75, 3.05) is 19.8 Å². The number of unbranched alkanes of at least 4 members (excludes halogenated alkanes) is 15. The summed E-state index contributed by atoms with van der Waals surface area (Å²) in [4.78, 5) is 0. The highest BCUT2D eigenvalue weighted by atomic mass is 32.3. The first-order valence-corrected chi connectivity index (χ1v) is 12.1. The first-order valence-electron chi connectivity index (χ1n) is 10.8. The lowest BCUT2D eigenvalue weighted by molar-refractivity contribution is 0.261. The fourth-order valence-corrected chi connectivity index (χ4v) is 3.14. The van der Waals surface area contributed by atoms with E-state index in [4.69, 9.17) is 4.55 Å². The molecular formula is C20H42O5S. The van der Waals surface area contributed by atoms with E-state index >= 15 is 0 Å². The molecule has 1 aliphatic rings. The van der Waals surface area contributed by atoms with Crippen molar-refractivity contribution in [1.29, 1.82) is 0 Å². The predicted octanol–water partition coefficient (Wildman–Crippen LogP) is 6.08. The van der Waals surface area contributed by atoms with Crippen LogP contribution in [0, 0.1) is 0 Å². The largest absolute Gasteiger partial charge is 0.397 e. The zero-order valence-corrected chi connectivity index (χ0v) is 17.7. The van der Waals surface area contributed by atoms with Gasteiger partial charge >= 0.3 is 10.4 Å². The van der Waals surface area contributed by atoms with Gasteiger partial charge in [-0.3, -0.25) is 4.55 Å². The number of epoxide rings is 1. The van der Waals surface area contributed by atoms with Crippen LogP contribution in [-0.4, -0.2) is 32.8 Å². The third-order valence-electron chi connectivity index (χ3n) is 4.43. The van der Waals surface area contributed by atoms with E-state index in [1.807, 2.05) is 0 Å². The van der Waals surface area contributed by atoms with Crippen molar-refractivity contribution in [3.63, 3.8) is 0 Å². The van der Waals surface area contributed by atoms with Crippen molar-refractivity contribution in [1.82, 2.24) is 0 Å². The summed E-state index contributed by atoms with van der Waals surface area (Å²) in [5.74, 6) is 0. The fraction of sp³-hybridized carbons (Fsp3) is 1.00. The Balaban J connectivity index is 0.00000187. The molecule has 1 heterocycles. The van der Waals surface area contributed by atoms with Gasteiger partial charge < -0.3 is 4.74 Å². The maximum atomic E-state index is 10.3. The summed E-state index contributed by atoms with van der Waals surface area (Å²) in [5, 5.41) is 0. The molecule has 158 valence electrons. The zero-order valence-electron chi connectivity index (χ0n) is 16.9. The lowest BCUT2D eigenvalue weighted by atomic mass is 10.0. The van der Waals surface area contributed by atoms with Crippen molar-refractivity contribution in [3.8, 4) is 0 Å². The van der Waals surface area contributed by atoms with Gasteiger partial charge in [-0.1, -0.05) is 103 Å². The van der Waals surface area contributed by atoms with Gasteiger partial charge in [0.15, 0.2) is 0 Å². The van der Waals surface area contributed by atoms with Crippen LogP contribution < -0.4 is 0 Å². The van der Waals surface area contributed by atoms with Gasteiger partial charge in [-0.2, -0.15) is 8.42 Å². The Kier molecular flexibility index (Phi) is 19.5. The van der Waals surface area contributed by atoms with Gasteiger partial charge in [-0.25, -0.2) is 4.18 Å². The quantitative estimate of drug-likeness (QED) is 0.173. The van der Waals surface area contributed by atoms with Gasteiger partial charge in [-0.05, 0) is 6.42 Å². The molecule has 0 saturated carbocycles. The normalized spacial score (nSPS) is 13.3. The van der Waals surface area contributed by atoms with Gasteiger partial charge in [0.05, 0.1) is 19.8 Å². The minimum atomic E-state index is -4.24. The van der Waals surface area contributed by atoms with Gasteiger partial charge in [0, 0.05) is 0 Å². The molecule has 0 radical (unpaired) electrons. The topological polar surface area (TPSA) is 76.1 Å². The number of ether oxygens (including phenoxy) is 1. The smallest absolute Gasteiger partial charge is 0.377 e. The molecule has 1 saturated heterocycles. The molecule has 0 spiro atoms. The van der Waals surface area contributed by atoms with Crippen molar-refractivity contribution in [2.24, 2.45) is 0 Å². The summed E-state index contributed by atoms with van der Waals surface area (Å²) in [6, 6.07) is 0. The van der Waals surface area contributed by atoms with E-state index in [2.05, 4.69) is 15.8 Å². The Morgan fingerprint density at radius 3 is 1.27 bits per heavy atom. The van der Waals surface area contributed by atoms with Crippen LogP contribution >= 0.6 is 0 Å².